The van der Waals surface area contributed by atoms with Crippen LogP contribution >= 0.6 is 0 Å². The van der Waals surface area contributed by atoms with Gasteiger partial charge in [-0.25, -0.2) is 0 Å². The van der Waals surface area contributed by atoms with Crippen molar-refractivity contribution in [2.75, 3.05) is 0 Å². The quantitative estimate of drug-likeness (QED) is 0.444. The lowest BCUT2D eigenvalue weighted by molar-refractivity contribution is 0.792. The second kappa shape index (κ2) is 6.96. The third-order valence-electron chi connectivity index (χ3n) is 4.66. The predicted octanol–water partition coefficient (Wildman–Crippen LogP) is 6.68. The monoisotopic (exact) mass is 290 g/mol. The highest BCUT2D eigenvalue weighted by atomic mass is 14.1. The van der Waals surface area contributed by atoms with E-state index in [0.29, 0.717) is 0 Å². The first-order valence-corrected chi connectivity index (χ1v) is 8.76. The molecule has 0 heterocycles. The van der Waals surface area contributed by atoms with E-state index in [0.717, 1.165) is 0 Å². The summed E-state index contributed by atoms with van der Waals surface area (Å²) in [5.74, 6) is 0. The molecule has 0 fully saturated rings. The normalized spacial score (nSPS) is 11.4. The van der Waals surface area contributed by atoms with Crippen LogP contribution in [0.4, 0.5) is 0 Å². The number of rotatable bonds is 6. The molecule has 0 bridgehead atoms. The van der Waals surface area contributed by atoms with Gasteiger partial charge in [-0.3, -0.25) is 0 Å². The van der Waals surface area contributed by atoms with E-state index in [-0.39, 0.29) is 0 Å². The Labute approximate surface area is 134 Å². The third kappa shape index (κ3) is 3.02. The molecular formula is C22H26. The van der Waals surface area contributed by atoms with Crippen molar-refractivity contribution in [2.24, 2.45) is 0 Å². The molecule has 22 heavy (non-hydrogen) atoms. The SMILES string of the molecule is CCCCc1ccc(CCCC)c2cc3ccccc3cc12. The lowest BCUT2D eigenvalue weighted by Gasteiger charge is -2.13. The van der Waals surface area contributed by atoms with Crippen LogP contribution in [0.5, 0.6) is 0 Å². The van der Waals surface area contributed by atoms with Gasteiger partial charge in [0.25, 0.3) is 0 Å². The highest BCUT2D eigenvalue weighted by Crippen LogP contribution is 2.30. The number of hydrogen-bond acceptors (Lipinski definition) is 0. The maximum atomic E-state index is 2.41. The minimum Gasteiger partial charge on any atom is -0.0654 e. The number of benzene rings is 3. The summed E-state index contributed by atoms with van der Waals surface area (Å²) in [6, 6.07) is 18.3. The van der Waals surface area contributed by atoms with Crippen molar-refractivity contribution >= 4 is 21.5 Å². The third-order valence-corrected chi connectivity index (χ3v) is 4.66. The van der Waals surface area contributed by atoms with Crippen molar-refractivity contribution in [1.82, 2.24) is 0 Å². The summed E-state index contributed by atoms with van der Waals surface area (Å²) >= 11 is 0. The van der Waals surface area contributed by atoms with Crippen molar-refractivity contribution in [1.29, 1.82) is 0 Å². The topological polar surface area (TPSA) is 0 Å². The molecule has 0 aliphatic carbocycles. The van der Waals surface area contributed by atoms with Crippen molar-refractivity contribution in [3.63, 3.8) is 0 Å². The van der Waals surface area contributed by atoms with Crippen LogP contribution in [-0.2, 0) is 12.8 Å². The van der Waals surface area contributed by atoms with E-state index in [1.54, 1.807) is 0 Å². The standard InChI is InChI=1S/C22H26/c1-3-5-9-17-13-14-18(10-6-4-2)22-16-20-12-8-7-11-19(20)15-21(17)22/h7-8,11-16H,3-6,9-10H2,1-2H3. The molecule has 0 saturated heterocycles. The summed E-state index contributed by atoms with van der Waals surface area (Å²) in [4.78, 5) is 0. The summed E-state index contributed by atoms with van der Waals surface area (Å²) in [5.41, 5.74) is 3.03. The Morgan fingerprint density at radius 3 is 1.50 bits per heavy atom. The summed E-state index contributed by atoms with van der Waals surface area (Å²) in [6.45, 7) is 4.54. The van der Waals surface area contributed by atoms with Crippen LogP contribution in [0.2, 0.25) is 0 Å². The molecule has 0 heteroatoms. The van der Waals surface area contributed by atoms with E-state index in [1.807, 2.05) is 0 Å². The average Bonchev–Trinajstić information content (AvgIpc) is 2.57. The van der Waals surface area contributed by atoms with Crippen LogP contribution in [0, 0.1) is 0 Å². The van der Waals surface area contributed by atoms with Gasteiger partial charge >= 0.3 is 0 Å². The van der Waals surface area contributed by atoms with Crippen LogP contribution < -0.4 is 0 Å². The predicted molar refractivity (Wildman–Crippen MR) is 98.7 cm³/mol. The zero-order chi connectivity index (χ0) is 15.4. The van der Waals surface area contributed by atoms with E-state index in [4.69, 9.17) is 0 Å². The van der Waals surface area contributed by atoms with Crippen molar-refractivity contribution < 1.29 is 0 Å². The van der Waals surface area contributed by atoms with Gasteiger partial charge < -0.3 is 0 Å². The number of unbranched alkanes of at least 4 members (excludes halogenated alkanes) is 2. The molecule has 0 atom stereocenters. The lowest BCUT2D eigenvalue weighted by atomic mass is 9.92. The largest absolute Gasteiger partial charge is 0.0654 e. The zero-order valence-electron chi connectivity index (χ0n) is 13.9. The van der Waals surface area contributed by atoms with Gasteiger partial charge in [0.2, 0.25) is 0 Å². The fourth-order valence-corrected chi connectivity index (χ4v) is 3.32. The van der Waals surface area contributed by atoms with Gasteiger partial charge in [-0.15, -0.1) is 0 Å². The van der Waals surface area contributed by atoms with E-state index in [1.165, 1.54) is 71.2 Å². The maximum absolute atomic E-state index is 2.41. The van der Waals surface area contributed by atoms with Gasteiger partial charge in [0.15, 0.2) is 0 Å². The molecule has 3 aromatic rings. The molecule has 0 radical (unpaired) electrons. The maximum Gasteiger partial charge on any atom is -0.0143 e. The molecular weight excluding hydrogens is 264 g/mol. The number of fused-ring (bicyclic) bond motifs is 2. The zero-order valence-corrected chi connectivity index (χ0v) is 13.9. The first kappa shape index (κ1) is 15.1. The molecule has 3 rings (SSSR count). The Morgan fingerprint density at radius 1 is 0.636 bits per heavy atom. The Hall–Kier alpha value is -1.82. The van der Waals surface area contributed by atoms with Crippen LogP contribution in [-0.4, -0.2) is 0 Å². The van der Waals surface area contributed by atoms with Gasteiger partial charge in [-0.05, 0) is 70.5 Å². The molecule has 0 spiro atoms. The van der Waals surface area contributed by atoms with Gasteiger partial charge in [0.1, 0.15) is 0 Å². The molecule has 3 aromatic carbocycles. The molecule has 0 N–H and O–H groups in total. The van der Waals surface area contributed by atoms with E-state index in [9.17, 15) is 0 Å². The summed E-state index contributed by atoms with van der Waals surface area (Å²) in [6.07, 6.45) is 7.45. The van der Waals surface area contributed by atoms with Crippen molar-refractivity contribution in [2.45, 2.75) is 52.4 Å². The Morgan fingerprint density at radius 2 is 1.09 bits per heavy atom. The fourth-order valence-electron chi connectivity index (χ4n) is 3.32. The smallest absolute Gasteiger partial charge is 0.0143 e. The number of aryl methyl sites for hydroxylation is 2. The molecule has 114 valence electrons. The fraction of sp³-hybridized carbons (Fsp3) is 0.364. The molecule has 0 saturated carbocycles. The minimum absolute atomic E-state index is 1.19. The molecule has 0 amide bonds. The molecule has 0 nitrogen and oxygen atoms in total. The van der Waals surface area contributed by atoms with Gasteiger partial charge in [0.05, 0.1) is 0 Å². The number of hydrogen-bond donors (Lipinski definition) is 0. The van der Waals surface area contributed by atoms with Gasteiger partial charge in [0, 0.05) is 0 Å². The van der Waals surface area contributed by atoms with Gasteiger partial charge in [-0.2, -0.15) is 0 Å². The first-order chi connectivity index (χ1) is 10.8. The molecule has 0 aliphatic heterocycles. The Balaban J connectivity index is 2.18. The van der Waals surface area contributed by atoms with Crippen molar-refractivity contribution in [3.8, 4) is 0 Å². The van der Waals surface area contributed by atoms with Crippen LogP contribution in [0.25, 0.3) is 21.5 Å². The Bertz CT molecular complexity index is 701. The molecule has 0 aromatic heterocycles. The minimum atomic E-state index is 1.19. The first-order valence-electron chi connectivity index (χ1n) is 8.76. The molecule has 0 aliphatic rings. The van der Waals surface area contributed by atoms with E-state index >= 15 is 0 Å². The highest BCUT2D eigenvalue weighted by Gasteiger charge is 2.07. The highest BCUT2D eigenvalue weighted by molar-refractivity contribution is 6.01. The second-order valence-corrected chi connectivity index (χ2v) is 6.34. The van der Waals surface area contributed by atoms with Crippen LogP contribution in [0.1, 0.15) is 50.7 Å². The average molecular weight is 290 g/mol. The summed E-state index contributed by atoms with van der Waals surface area (Å²) in [7, 11) is 0. The Kier molecular flexibility index (Phi) is 4.77. The second-order valence-electron chi connectivity index (χ2n) is 6.34. The van der Waals surface area contributed by atoms with Gasteiger partial charge in [-0.1, -0.05) is 63.1 Å². The lowest BCUT2D eigenvalue weighted by Crippen LogP contribution is -1.93. The van der Waals surface area contributed by atoms with E-state index < -0.39 is 0 Å². The van der Waals surface area contributed by atoms with Crippen molar-refractivity contribution in [3.05, 3.63) is 59.7 Å². The van der Waals surface area contributed by atoms with E-state index in [2.05, 4.69) is 62.4 Å². The van der Waals surface area contributed by atoms with Crippen LogP contribution in [0.3, 0.4) is 0 Å². The van der Waals surface area contributed by atoms with Crippen LogP contribution in [0.15, 0.2) is 48.5 Å². The molecule has 0 unspecified atom stereocenters. The summed E-state index contributed by atoms with van der Waals surface area (Å²) < 4.78 is 0. The summed E-state index contributed by atoms with van der Waals surface area (Å²) in [5, 5.41) is 5.67.